The van der Waals surface area contributed by atoms with Crippen molar-refractivity contribution < 1.29 is 22.7 Å². The minimum Gasteiger partial charge on any atom is -0.466 e. The number of rotatable bonds is 3. The molecule has 1 aliphatic rings. The number of halogens is 3. The van der Waals surface area contributed by atoms with E-state index in [0.717, 1.165) is 0 Å². The first-order chi connectivity index (χ1) is 14.9. The molecule has 1 atom stereocenters. The van der Waals surface area contributed by atoms with Gasteiger partial charge in [0.1, 0.15) is 17.0 Å². The van der Waals surface area contributed by atoms with E-state index >= 15 is 0 Å². The molecule has 1 saturated heterocycles. The predicted octanol–water partition coefficient (Wildman–Crippen LogP) is 3.95. The standard InChI is InChI=1S/C22H17F3N4O2/c23-16-5-1-3-14-6-7-18(27-19(14)16)31-17-13-29(11-8-22(17,24)25)21(30)15-4-2-10-28-12-9-26-20(15)28/h1-7,9-10,12,17H,8,11,13H2/t17-/m0/s1. The molecule has 0 bridgehead atoms. The second kappa shape index (κ2) is 7.26. The first kappa shape index (κ1) is 19.3. The maximum absolute atomic E-state index is 14.6. The highest BCUT2D eigenvalue weighted by Gasteiger charge is 2.47. The quantitative estimate of drug-likeness (QED) is 0.498. The Morgan fingerprint density at radius 2 is 2.00 bits per heavy atom. The van der Waals surface area contributed by atoms with Gasteiger partial charge in [-0.15, -0.1) is 0 Å². The van der Waals surface area contributed by atoms with E-state index < -0.39 is 30.2 Å². The monoisotopic (exact) mass is 426 g/mol. The molecule has 0 radical (unpaired) electrons. The zero-order valence-electron chi connectivity index (χ0n) is 16.2. The number of piperidine rings is 1. The van der Waals surface area contributed by atoms with Crippen molar-refractivity contribution in [1.29, 1.82) is 0 Å². The van der Waals surface area contributed by atoms with Crippen molar-refractivity contribution in [3.8, 4) is 5.88 Å². The third-order valence-corrected chi connectivity index (χ3v) is 5.42. The van der Waals surface area contributed by atoms with Crippen LogP contribution in [0.25, 0.3) is 16.6 Å². The Hall–Kier alpha value is -3.62. The molecule has 5 rings (SSSR count). The van der Waals surface area contributed by atoms with Crippen LogP contribution in [0, 0.1) is 5.82 Å². The van der Waals surface area contributed by atoms with Crippen LogP contribution in [-0.4, -0.2) is 50.3 Å². The first-order valence-corrected chi connectivity index (χ1v) is 9.73. The highest BCUT2D eigenvalue weighted by atomic mass is 19.3. The fourth-order valence-electron chi connectivity index (χ4n) is 3.77. The molecule has 0 aliphatic carbocycles. The smallest absolute Gasteiger partial charge is 0.287 e. The van der Waals surface area contributed by atoms with Crippen LogP contribution in [0.15, 0.2) is 61.1 Å². The summed E-state index contributed by atoms with van der Waals surface area (Å²) in [5.74, 6) is -4.25. The van der Waals surface area contributed by atoms with Crippen LogP contribution in [0.5, 0.6) is 5.88 Å². The predicted molar refractivity (Wildman–Crippen MR) is 107 cm³/mol. The molecule has 3 aromatic heterocycles. The molecule has 0 spiro atoms. The third-order valence-electron chi connectivity index (χ3n) is 5.42. The van der Waals surface area contributed by atoms with Gasteiger partial charge in [-0.05, 0) is 24.3 Å². The van der Waals surface area contributed by atoms with E-state index in [1.54, 1.807) is 53.3 Å². The lowest BCUT2D eigenvalue weighted by atomic mass is 10.0. The number of alkyl halides is 2. The van der Waals surface area contributed by atoms with Crippen LogP contribution in [0.3, 0.4) is 0 Å². The second-order valence-corrected chi connectivity index (χ2v) is 7.41. The minimum atomic E-state index is -3.16. The maximum Gasteiger partial charge on any atom is 0.287 e. The lowest BCUT2D eigenvalue weighted by Crippen LogP contribution is -2.55. The normalized spacial score (nSPS) is 18.4. The average Bonchev–Trinajstić information content (AvgIpc) is 3.24. The molecule has 31 heavy (non-hydrogen) atoms. The number of hydrogen-bond acceptors (Lipinski definition) is 4. The van der Waals surface area contributed by atoms with E-state index in [1.807, 2.05) is 0 Å². The van der Waals surface area contributed by atoms with Gasteiger partial charge in [-0.3, -0.25) is 4.79 Å². The van der Waals surface area contributed by atoms with Crippen molar-refractivity contribution in [2.45, 2.75) is 18.4 Å². The summed E-state index contributed by atoms with van der Waals surface area (Å²) >= 11 is 0. The number of likely N-dealkylation sites (tertiary alicyclic amines) is 1. The van der Waals surface area contributed by atoms with Crippen LogP contribution in [0.4, 0.5) is 13.2 Å². The number of nitrogens with zero attached hydrogens (tertiary/aromatic N) is 4. The number of imidazole rings is 1. The number of para-hydroxylation sites is 1. The summed E-state index contributed by atoms with van der Waals surface area (Å²) in [5, 5.41) is 0.535. The Morgan fingerprint density at radius 3 is 2.87 bits per heavy atom. The summed E-state index contributed by atoms with van der Waals surface area (Å²) in [4.78, 5) is 22.6. The van der Waals surface area contributed by atoms with Crippen molar-refractivity contribution in [3.05, 3.63) is 72.4 Å². The fraction of sp³-hybridized carbons (Fsp3) is 0.227. The number of pyridine rings is 2. The van der Waals surface area contributed by atoms with Gasteiger partial charge in [0.05, 0.1) is 12.1 Å². The van der Waals surface area contributed by atoms with Crippen LogP contribution in [0.1, 0.15) is 16.8 Å². The Balaban J connectivity index is 1.41. The fourth-order valence-corrected chi connectivity index (χ4v) is 3.77. The third kappa shape index (κ3) is 3.45. The van der Waals surface area contributed by atoms with E-state index in [4.69, 9.17) is 4.74 Å². The van der Waals surface area contributed by atoms with Crippen molar-refractivity contribution >= 4 is 22.5 Å². The topological polar surface area (TPSA) is 59.7 Å². The Kier molecular flexibility index (Phi) is 4.53. The molecular weight excluding hydrogens is 409 g/mol. The summed E-state index contributed by atoms with van der Waals surface area (Å²) in [7, 11) is 0. The molecule has 1 amide bonds. The van der Waals surface area contributed by atoms with Gasteiger partial charge in [0.15, 0.2) is 6.10 Å². The molecule has 0 saturated carbocycles. The van der Waals surface area contributed by atoms with Gasteiger partial charge < -0.3 is 14.0 Å². The van der Waals surface area contributed by atoms with Gasteiger partial charge in [-0.1, -0.05) is 12.1 Å². The van der Waals surface area contributed by atoms with Gasteiger partial charge in [0.2, 0.25) is 5.88 Å². The molecule has 0 N–H and O–H groups in total. The van der Waals surface area contributed by atoms with Gasteiger partial charge in [-0.25, -0.2) is 23.1 Å². The number of benzene rings is 1. The lowest BCUT2D eigenvalue weighted by molar-refractivity contribution is -0.131. The molecule has 1 aromatic carbocycles. The largest absolute Gasteiger partial charge is 0.466 e. The summed E-state index contributed by atoms with van der Waals surface area (Å²) < 4.78 is 50.4. The van der Waals surface area contributed by atoms with Crippen molar-refractivity contribution in [2.75, 3.05) is 13.1 Å². The molecule has 0 unspecified atom stereocenters. The van der Waals surface area contributed by atoms with Crippen LogP contribution < -0.4 is 4.74 Å². The number of ether oxygens (including phenoxy) is 1. The number of carbonyl (C=O) groups excluding carboxylic acids is 1. The lowest BCUT2D eigenvalue weighted by Gasteiger charge is -2.38. The second-order valence-electron chi connectivity index (χ2n) is 7.41. The number of amides is 1. The van der Waals surface area contributed by atoms with Crippen LogP contribution in [0.2, 0.25) is 0 Å². The number of hydrogen-bond donors (Lipinski definition) is 0. The number of carbonyl (C=O) groups is 1. The summed E-state index contributed by atoms with van der Waals surface area (Å²) in [6, 6.07) is 10.7. The number of aromatic nitrogens is 3. The van der Waals surface area contributed by atoms with Gasteiger partial charge >= 0.3 is 0 Å². The summed E-state index contributed by atoms with van der Waals surface area (Å²) in [5.41, 5.74) is 0.814. The molecule has 1 aliphatic heterocycles. The van der Waals surface area contributed by atoms with Gasteiger partial charge in [0.25, 0.3) is 11.8 Å². The van der Waals surface area contributed by atoms with Crippen LogP contribution >= 0.6 is 0 Å². The maximum atomic E-state index is 14.6. The van der Waals surface area contributed by atoms with Crippen molar-refractivity contribution in [2.24, 2.45) is 0 Å². The average molecular weight is 426 g/mol. The summed E-state index contributed by atoms with van der Waals surface area (Å²) in [6.07, 6.45) is 2.85. The van der Waals surface area contributed by atoms with Crippen molar-refractivity contribution in [1.82, 2.24) is 19.3 Å². The molecule has 4 heterocycles. The van der Waals surface area contributed by atoms with Crippen LogP contribution in [-0.2, 0) is 0 Å². The van der Waals surface area contributed by atoms with E-state index in [0.29, 0.717) is 16.6 Å². The molecule has 6 nitrogen and oxygen atoms in total. The Labute approximate surface area is 174 Å². The van der Waals surface area contributed by atoms with Gasteiger partial charge in [0, 0.05) is 43.0 Å². The first-order valence-electron chi connectivity index (χ1n) is 9.73. The molecule has 158 valence electrons. The van der Waals surface area contributed by atoms with E-state index in [-0.39, 0.29) is 24.5 Å². The highest BCUT2D eigenvalue weighted by molar-refractivity contribution is 5.99. The molecule has 9 heteroatoms. The molecule has 1 fully saturated rings. The minimum absolute atomic E-state index is 0.0399. The Bertz CT molecular complexity index is 1290. The number of fused-ring (bicyclic) bond motifs is 2. The molecule has 4 aromatic rings. The Morgan fingerprint density at radius 1 is 1.13 bits per heavy atom. The van der Waals surface area contributed by atoms with E-state index in [2.05, 4.69) is 9.97 Å². The van der Waals surface area contributed by atoms with E-state index in [1.165, 1.54) is 17.0 Å². The SMILES string of the molecule is O=C(c1cccn2ccnc12)N1CCC(F)(F)[C@@H](Oc2ccc3cccc(F)c3n2)C1. The van der Waals surface area contributed by atoms with Gasteiger partial charge in [-0.2, -0.15) is 0 Å². The molecular formula is C22H17F3N4O2. The summed E-state index contributed by atoms with van der Waals surface area (Å²) in [6.45, 7) is -0.447. The van der Waals surface area contributed by atoms with E-state index in [9.17, 15) is 18.0 Å². The zero-order chi connectivity index (χ0) is 21.6. The zero-order valence-corrected chi connectivity index (χ0v) is 16.2. The highest BCUT2D eigenvalue weighted by Crippen LogP contribution is 2.32. The van der Waals surface area contributed by atoms with Crippen molar-refractivity contribution in [3.63, 3.8) is 0 Å².